The maximum Gasteiger partial charge on any atom is 0.410 e. The predicted octanol–water partition coefficient (Wildman–Crippen LogP) is 2.47. The lowest BCUT2D eigenvalue weighted by Gasteiger charge is -2.36. The number of methoxy groups -OCH3 is 2. The number of ether oxygens (including phenoxy) is 3. The van der Waals surface area contributed by atoms with Crippen LogP contribution in [-0.2, 0) is 16.0 Å². The lowest BCUT2D eigenvalue weighted by molar-refractivity contribution is 0.0186. The van der Waals surface area contributed by atoms with Crippen molar-refractivity contribution in [2.75, 3.05) is 40.4 Å². The second kappa shape index (κ2) is 11.2. The van der Waals surface area contributed by atoms with Crippen molar-refractivity contribution >= 4 is 42.0 Å². The Morgan fingerprint density at radius 2 is 1.70 bits per heavy atom. The molecule has 1 aromatic rings. The molecule has 1 heterocycles. The summed E-state index contributed by atoms with van der Waals surface area (Å²) in [5.74, 6) is 0.373. The Bertz CT molecular complexity index is 771. The lowest BCUT2D eigenvalue weighted by atomic mass is 10.1. The zero-order valence-corrected chi connectivity index (χ0v) is 20.5. The largest absolute Gasteiger partial charge is 0.496 e. The van der Waals surface area contributed by atoms with Crippen molar-refractivity contribution in [3.05, 3.63) is 29.3 Å². The van der Waals surface area contributed by atoms with E-state index in [-0.39, 0.29) is 30.1 Å². The first-order chi connectivity index (χ1) is 13.6. The monoisotopic (exact) mass is 534 g/mol. The summed E-state index contributed by atoms with van der Waals surface area (Å²) in [7, 11) is 2.82. The predicted molar refractivity (Wildman–Crippen MR) is 124 cm³/mol. The van der Waals surface area contributed by atoms with Crippen LogP contribution >= 0.6 is 24.0 Å². The Labute approximate surface area is 194 Å². The number of hydrogen-bond acceptors (Lipinski definition) is 6. The van der Waals surface area contributed by atoms with Crippen LogP contribution in [0.3, 0.4) is 0 Å². The summed E-state index contributed by atoms with van der Waals surface area (Å²) in [4.78, 5) is 31.9. The summed E-state index contributed by atoms with van der Waals surface area (Å²) in [6, 6.07) is 5.17. The SMILES string of the molecule is COC(=O)c1ccc(CN=C(N)N2CCN(C(=O)OC(C)(C)C)CC2)cc1OC.I. The van der Waals surface area contributed by atoms with Crippen molar-refractivity contribution in [2.45, 2.75) is 32.9 Å². The number of halogens is 1. The first-order valence-electron chi connectivity index (χ1n) is 9.42. The van der Waals surface area contributed by atoms with Gasteiger partial charge in [-0.25, -0.2) is 14.6 Å². The van der Waals surface area contributed by atoms with E-state index in [1.165, 1.54) is 14.2 Å². The van der Waals surface area contributed by atoms with Gasteiger partial charge < -0.3 is 29.7 Å². The number of benzene rings is 1. The Kier molecular flexibility index (Phi) is 9.66. The summed E-state index contributed by atoms with van der Waals surface area (Å²) in [6.45, 7) is 8.09. The molecule has 2 N–H and O–H groups in total. The highest BCUT2D eigenvalue weighted by molar-refractivity contribution is 14.0. The molecule has 1 saturated heterocycles. The zero-order valence-electron chi connectivity index (χ0n) is 18.1. The smallest absolute Gasteiger partial charge is 0.410 e. The fraction of sp³-hybridized carbons (Fsp3) is 0.550. The van der Waals surface area contributed by atoms with Crippen LogP contribution in [0, 0.1) is 0 Å². The summed E-state index contributed by atoms with van der Waals surface area (Å²) in [6.07, 6.45) is -0.314. The number of aliphatic imine (C=N–C) groups is 1. The molecule has 0 saturated carbocycles. The molecule has 0 spiro atoms. The number of hydrogen-bond donors (Lipinski definition) is 1. The van der Waals surface area contributed by atoms with Crippen molar-refractivity contribution in [3.63, 3.8) is 0 Å². The highest BCUT2D eigenvalue weighted by Gasteiger charge is 2.26. The third-order valence-electron chi connectivity index (χ3n) is 4.35. The Balaban J connectivity index is 0.00000450. The third kappa shape index (κ3) is 7.22. The van der Waals surface area contributed by atoms with E-state index >= 15 is 0 Å². The molecule has 0 radical (unpaired) electrons. The quantitative estimate of drug-likeness (QED) is 0.274. The van der Waals surface area contributed by atoms with Gasteiger partial charge in [0.25, 0.3) is 0 Å². The van der Waals surface area contributed by atoms with Crippen LogP contribution in [0.4, 0.5) is 4.79 Å². The molecule has 1 aliphatic heterocycles. The van der Waals surface area contributed by atoms with Crippen LogP contribution in [0.15, 0.2) is 23.2 Å². The fourth-order valence-electron chi connectivity index (χ4n) is 2.83. The molecule has 168 valence electrons. The van der Waals surface area contributed by atoms with Gasteiger partial charge in [-0.2, -0.15) is 0 Å². The van der Waals surface area contributed by atoms with Crippen LogP contribution in [0.2, 0.25) is 0 Å². The summed E-state index contributed by atoms with van der Waals surface area (Å²) in [5, 5.41) is 0. The van der Waals surface area contributed by atoms with Crippen LogP contribution in [0.5, 0.6) is 5.75 Å². The molecular weight excluding hydrogens is 503 g/mol. The summed E-state index contributed by atoms with van der Waals surface area (Å²) in [5.41, 5.74) is 6.82. The summed E-state index contributed by atoms with van der Waals surface area (Å²) < 4.78 is 15.4. The van der Waals surface area contributed by atoms with E-state index in [9.17, 15) is 9.59 Å². The van der Waals surface area contributed by atoms with Crippen molar-refractivity contribution in [1.82, 2.24) is 9.80 Å². The van der Waals surface area contributed by atoms with Gasteiger partial charge in [0.2, 0.25) is 0 Å². The maximum atomic E-state index is 12.1. The minimum absolute atomic E-state index is 0. The van der Waals surface area contributed by atoms with E-state index in [1.807, 2.05) is 25.7 Å². The van der Waals surface area contributed by atoms with Gasteiger partial charge in [0.05, 0.1) is 20.8 Å². The lowest BCUT2D eigenvalue weighted by Crippen LogP contribution is -2.53. The van der Waals surface area contributed by atoms with Gasteiger partial charge in [0, 0.05) is 26.2 Å². The number of nitrogens with two attached hydrogens (primary N) is 1. The minimum Gasteiger partial charge on any atom is -0.496 e. The van der Waals surface area contributed by atoms with Gasteiger partial charge in [-0.15, -0.1) is 24.0 Å². The molecule has 0 aliphatic carbocycles. The first kappa shape index (κ1) is 25.8. The van der Waals surface area contributed by atoms with Gasteiger partial charge in [-0.1, -0.05) is 6.07 Å². The molecule has 0 aromatic heterocycles. The van der Waals surface area contributed by atoms with Crippen molar-refractivity contribution in [3.8, 4) is 5.75 Å². The molecule has 1 aliphatic rings. The van der Waals surface area contributed by atoms with Gasteiger partial charge in [-0.05, 0) is 38.5 Å². The molecule has 9 nitrogen and oxygen atoms in total. The second-order valence-electron chi connectivity index (χ2n) is 7.66. The van der Waals surface area contributed by atoms with E-state index in [2.05, 4.69) is 4.99 Å². The van der Waals surface area contributed by atoms with Gasteiger partial charge >= 0.3 is 12.1 Å². The molecule has 1 aromatic carbocycles. The number of rotatable bonds is 4. The standard InChI is InChI=1S/C20H30N4O5.HI/c1-20(2,3)29-19(26)24-10-8-23(9-11-24)18(21)22-13-14-6-7-15(17(25)28-5)16(12-14)27-4;/h6-7,12H,8-11,13H2,1-5H3,(H2,21,22);1H. The van der Waals surface area contributed by atoms with Crippen LogP contribution in [-0.4, -0.2) is 73.8 Å². The van der Waals surface area contributed by atoms with Crippen LogP contribution in [0.1, 0.15) is 36.7 Å². The first-order valence-corrected chi connectivity index (χ1v) is 9.42. The topological polar surface area (TPSA) is 107 Å². The number of piperazine rings is 1. The minimum atomic E-state index is -0.515. The highest BCUT2D eigenvalue weighted by Crippen LogP contribution is 2.21. The fourth-order valence-corrected chi connectivity index (χ4v) is 2.83. The van der Waals surface area contributed by atoms with Crippen molar-refractivity contribution in [1.29, 1.82) is 0 Å². The average Bonchev–Trinajstić information content (AvgIpc) is 2.70. The summed E-state index contributed by atoms with van der Waals surface area (Å²) >= 11 is 0. The maximum absolute atomic E-state index is 12.1. The number of carbonyl (C=O) groups excluding carboxylic acids is 2. The molecule has 0 unspecified atom stereocenters. The molecule has 1 fully saturated rings. The number of guanidine groups is 1. The van der Waals surface area contributed by atoms with Crippen molar-refractivity contribution in [2.24, 2.45) is 10.7 Å². The Morgan fingerprint density at radius 1 is 1.10 bits per heavy atom. The van der Waals surface area contributed by atoms with Gasteiger partial charge in [0.1, 0.15) is 16.9 Å². The molecule has 10 heteroatoms. The highest BCUT2D eigenvalue weighted by atomic mass is 127. The van der Waals surface area contributed by atoms with E-state index in [0.717, 1.165) is 5.56 Å². The van der Waals surface area contributed by atoms with E-state index < -0.39 is 11.6 Å². The second-order valence-corrected chi connectivity index (χ2v) is 7.66. The molecule has 1 amide bonds. The number of carbonyl (C=O) groups is 2. The number of nitrogens with zero attached hydrogens (tertiary/aromatic N) is 3. The van der Waals surface area contributed by atoms with Gasteiger partial charge in [-0.3, -0.25) is 0 Å². The normalized spacial score (nSPS) is 14.6. The van der Waals surface area contributed by atoms with Crippen molar-refractivity contribution < 1.29 is 23.8 Å². The van der Waals surface area contributed by atoms with E-state index in [1.54, 1.807) is 23.1 Å². The molecular formula is C20H31IN4O5. The third-order valence-corrected chi connectivity index (χ3v) is 4.35. The molecule has 30 heavy (non-hydrogen) atoms. The van der Waals surface area contributed by atoms with Crippen LogP contribution in [0.25, 0.3) is 0 Å². The van der Waals surface area contributed by atoms with Crippen LogP contribution < -0.4 is 10.5 Å². The number of amides is 1. The Morgan fingerprint density at radius 3 is 2.23 bits per heavy atom. The average molecular weight is 534 g/mol. The molecule has 0 bridgehead atoms. The zero-order chi connectivity index (χ0) is 21.6. The Hall–Kier alpha value is -2.24. The van der Waals surface area contributed by atoms with Gasteiger partial charge in [0.15, 0.2) is 5.96 Å². The number of esters is 1. The van der Waals surface area contributed by atoms with E-state index in [0.29, 0.717) is 50.0 Å². The molecule has 0 atom stereocenters. The van der Waals surface area contributed by atoms with E-state index in [4.69, 9.17) is 19.9 Å². The molecule has 2 rings (SSSR count).